The van der Waals surface area contributed by atoms with Crippen LogP contribution in [0.2, 0.25) is 0 Å². The molecular formula is C14H20F3N. The summed E-state index contributed by atoms with van der Waals surface area (Å²) >= 11 is 0. The van der Waals surface area contributed by atoms with Gasteiger partial charge >= 0.3 is 6.18 Å². The second-order valence-corrected chi connectivity index (χ2v) is 5.04. The van der Waals surface area contributed by atoms with Gasteiger partial charge in [-0.2, -0.15) is 13.2 Å². The van der Waals surface area contributed by atoms with Crippen molar-refractivity contribution in [1.82, 2.24) is 5.32 Å². The van der Waals surface area contributed by atoms with Crippen molar-refractivity contribution in [2.24, 2.45) is 5.92 Å². The van der Waals surface area contributed by atoms with Gasteiger partial charge in [0.05, 0.1) is 5.56 Å². The minimum atomic E-state index is -4.26. The number of nitrogens with one attached hydrogen (secondary N) is 1. The quantitative estimate of drug-likeness (QED) is 0.845. The molecule has 0 bridgehead atoms. The van der Waals surface area contributed by atoms with Crippen molar-refractivity contribution in [3.63, 3.8) is 0 Å². The Morgan fingerprint density at radius 1 is 0.944 bits per heavy atom. The van der Waals surface area contributed by atoms with Gasteiger partial charge in [-0.1, -0.05) is 26.0 Å². The maximum atomic E-state index is 12.4. The summed E-state index contributed by atoms with van der Waals surface area (Å²) in [6.07, 6.45) is -4.26. The van der Waals surface area contributed by atoms with Crippen molar-refractivity contribution >= 4 is 0 Å². The van der Waals surface area contributed by atoms with E-state index in [0.29, 0.717) is 12.0 Å². The van der Waals surface area contributed by atoms with E-state index in [1.807, 2.05) is 6.92 Å². The third kappa shape index (κ3) is 4.02. The highest BCUT2D eigenvalue weighted by Gasteiger charge is 2.30. The molecule has 0 radical (unpaired) electrons. The smallest absolute Gasteiger partial charge is 0.307 e. The lowest BCUT2D eigenvalue weighted by Crippen LogP contribution is -2.33. The molecule has 0 saturated heterocycles. The second kappa shape index (κ2) is 5.74. The molecule has 1 aromatic rings. The number of halogens is 3. The highest BCUT2D eigenvalue weighted by Crippen LogP contribution is 2.29. The average molecular weight is 259 g/mol. The second-order valence-electron chi connectivity index (χ2n) is 5.04. The molecule has 0 aromatic heterocycles. The number of benzene rings is 1. The van der Waals surface area contributed by atoms with Gasteiger partial charge in [0.1, 0.15) is 0 Å². The van der Waals surface area contributed by atoms with Crippen LogP contribution in [0.4, 0.5) is 13.2 Å². The van der Waals surface area contributed by atoms with Crippen molar-refractivity contribution in [2.45, 2.75) is 46.0 Å². The third-order valence-corrected chi connectivity index (χ3v) is 3.25. The van der Waals surface area contributed by atoms with Crippen LogP contribution < -0.4 is 5.32 Å². The zero-order valence-corrected chi connectivity index (χ0v) is 11.2. The van der Waals surface area contributed by atoms with Crippen LogP contribution in [-0.4, -0.2) is 6.04 Å². The first-order valence-corrected chi connectivity index (χ1v) is 6.15. The molecule has 1 rings (SSSR count). The average Bonchev–Trinajstić information content (AvgIpc) is 2.27. The van der Waals surface area contributed by atoms with Crippen LogP contribution in [-0.2, 0) is 6.18 Å². The van der Waals surface area contributed by atoms with E-state index in [1.54, 1.807) is 0 Å². The molecule has 2 unspecified atom stereocenters. The molecule has 4 heteroatoms. The summed E-state index contributed by atoms with van der Waals surface area (Å²) in [6.45, 7) is 8.25. The summed E-state index contributed by atoms with van der Waals surface area (Å²) in [7, 11) is 0. The lowest BCUT2D eigenvalue weighted by molar-refractivity contribution is -0.137. The molecule has 0 aliphatic carbocycles. The van der Waals surface area contributed by atoms with Gasteiger partial charge < -0.3 is 5.32 Å². The van der Waals surface area contributed by atoms with Crippen molar-refractivity contribution < 1.29 is 13.2 Å². The number of alkyl halides is 3. The molecule has 0 fully saturated rings. The predicted octanol–water partition coefficient (Wildman–Crippen LogP) is 4.40. The zero-order valence-electron chi connectivity index (χ0n) is 11.2. The molecule has 2 atom stereocenters. The Labute approximate surface area is 106 Å². The molecule has 0 aliphatic rings. The molecule has 0 aliphatic heterocycles. The fourth-order valence-corrected chi connectivity index (χ4v) is 1.64. The van der Waals surface area contributed by atoms with Gasteiger partial charge in [0.15, 0.2) is 0 Å². The van der Waals surface area contributed by atoms with Gasteiger partial charge in [-0.15, -0.1) is 0 Å². The molecular weight excluding hydrogens is 239 g/mol. The minimum Gasteiger partial charge on any atom is -0.307 e. The van der Waals surface area contributed by atoms with Crippen molar-refractivity contribution in [1.29, 1.82) is 0 Å². The number of hydrogen-bond donors (Lipinski definition) is 1. The zero-order chi connectivity index (χ0) is 13.9. The van der Waals surface area contributed by atoms with Gasteiger partial charge in [0.25, 0.3) is 0 Å². The van der Waals surface area contributed by atoms with Gasteiger partial charge in [0.2, 0.25) is 0 Å². The van der Waals surface area contributed by atoms with Crippen LogP contribution in [0.1, 0.15) is 44.9 Å². The minimum absolute atomic E-state index is 0.0460. The molecule has 1 nitrogen and oxygen atoms in total. The van der Waals surface area contributed by atoms with Crippen LogP contribution in [0.15, 0.2) is 24.3 Å². The van der Waals surface area contributed by atoms with Crippen LogP contribution in [0, 0.1) is 5.92 Å². The highest BCUT2D eigenvalue weighted by molar-refractivity contribution is 5.26. The SMILES string of the molecule is CC(NC(C)C(C)C)c1ccc(C(F)(F)F)cc1. The standard InChI is InChI=1S/C14H20F3N/c1-9(2)10(3)18-11(4)12-5-7-13(8-6-12)14(15,16)17/h5-11,18H,1-4H3. The Kier molecular flexibility index (Phi) is 4.79. The fourth-order valence-electron chi connectivity index (χ4n) is 1.64. The van der Waals surface area contributed by atoms with Crippen LogP contribution in [0.5, 0.6) is 0 Å². The normalized spacial score (nSPS) is 15.8. The summed E-state index contributed by atoms with van der Waals surface area (Å²) in [4.78, 5) is 0. The topological polar surface area (TPSA) is 12.0 Å². The molecule has 0 heterocycles. The summed E-state index contributed by atoms with van der Waals surface area (Å²) in [5.74, 6) is 0.488. The van der Waals surface area contributed by atoms with E-state index in [2.05, 4.69) is 26.1 Å². The molecule has 0 saturated carbocycles. The van der Waals surface area contributed by atoms with Gasteiger partial charge in [-0.3, -0.25) is 0 Å². The fraction of sp³-hybridized carbons (Fsp3) is 0.571. The van der Waals surface area contributed by atoms with Crippen LogP contribution >= 0.6 is 0 Å². The van der Waals surface area contributed by atoms with Gasteiger partial charge in [0, 0.05) is 12.1 Å². The van der Waals surface area contributed by atoms with E-state index in [4.69, 9.17) is 0 Å². The first-order valence-electron chi connectivity index (χ1n) is 6.15. The van der Waals surface area contributed by atoms with Crippen LogP contribution in [0.3, 0.4) is 0 Å². The van der Waals surface area contributed by atoms with Gasteiger partial charge in [-0.05, 0) is 37.5 Å². The predicted molar refractivity (Wildman–Crippen MR) is 67.3 cm³/mol. The van der Waals surface area contributed by atoms with Crippen LogP contribution in [0.25, 0.3) is 0 Å². The number of hydrogen-bond acceptors (Lipinski definition) is 1. The summed E-state index contributed by atoms with van der Waals surface area (Å²) < 4.78 is 37.3. The summed E-state index contributed by atoms with van der Waals surface area (Å²) in [5, 5.41) is 3.37. The van der Waals surface area contributed by atoms with E-state index in [-0.39, 0.29) is 6.04 Å². The molecule has 0 amide bonds. The van der Waals surface area contributed by atoms with Gasteiger partial charge in [-0.25, -0.2) is 0 Å². The lowest BCUT2D eigenvalue weighted by Gasteiger charge is -2.23. The first kappa shape index (κ1) is 15.0. The summed E-state index contributed by atoms with van der Waals surface area (Å²) in [6, 6.07) is 5.70. The molecule has 1 aromatic carbocycles. The molecule has 102 valence electrons. The number of rotatable bonds is 4. The Bertz CT molecular complexity index is 368. The Morgan fingerprint density at radius 3 is 1.83 bits per heavy atom. The van der Waals surface area contributed by atoms with Crippen molar-refractivity contribution in [3.8, 4) is 0 Å². The first-order chi connectivity index (χ1) is 8.21. The lowest BCUT2D eigenvalue weighted by atomic mass is 10.0. The van der Waals surface area contributed by atoms with E-state index < -0.39 is 11.7 Å². The largest absolute Gasteiger partial charge is 0.416 e. The maximum Gasteiger partial charge on any atom is 0.416 e. The Balaban J connectivity index is 2.73. The molecule has 1 N–H and O–H groups in total. The van der Waals surface area contributed by atoms with E-state index in [1.165, 1.54) is 12.1 Å². The van der Waals surface area contributed by atoms with Crippen molar-refractivity contribution in [3.05, 3.63) is 35.4 Å². The molecule has 0 spiro atoms. The molecule has 18 heavy (non-hydrogen) atoms. The monoisotopic (exact) mass is 259 g/mol. The highest BCUT2D eigenvalue weighted by atomic mass is 19.4. The third-order valence-electron chi connectivity index (χ3n) is 3.25. The summed E-state index contributed by atoms with van der Waals surface area (Å²) in [5.41, 5.74) is 0.269. The van der Waals surface area contributed by atoms with E-state index in [9.17, 15) is 13.2 Å². The van der Waals surface area contributed by atoms with E-state index >= 15 is 0 Å². The Hall–Kier alpha value is -1.03. The van der Waals surface area contributed by atoms with Crippen molar-refractivity contribution in [2.75, 3.05) is 0 Å². The van der Waals surface area contributed by atoms with E-state index in [0.717, 1.165) is 17.7 Å². The maximum absolute atomic E-state index is 12.4. The Morgan fingerprint density at radius 2 is 1.44 bits per heavy atom.